The van der Waals surface area contributed by atoms with Crippen LogP contribution >= 0.6 is 0 Å². The van der Waals surface area contributed by atoms with E-state index in [9.17, 15) is 4.79 Å². The number of hydrogen-bond donors (Lipinski definition) is 1. The van der Waals surface area contributed by atoms with Gasteiger partial charge in [-0.2, -0.15) is 5.10 Å². The van der Waals surface area contributed by atoms with E-state index >= 15 is 0 Å². The van der Waals surface area contributed by atoms with Crippen LogP contribution in [0.1, 0.15) is 32.1 Å². The van der Waals surface area contributed by atoms with Crippen LogP contribution in [0.2, 0.25) is 0 Å². The fourth-order valence-corrected chi connectivity index (χ4v) is 2.52. The molecule has 0 saturated carbocycles. The van der Waals surface area contributed by atoms with Gasteiger partial charge in [-0.25, -0.2) is 4.98 Å². The Labute approximate surface area is 125 Å². The summed E-state index contributed by atoms with van der Waals surface area (Å²) in [6.45, 7) is 7.71. The molecule has 1 aromatic heterocycles. The van der Waals surface area contributed by atoms with Gasteiger partial charge in [-0.3, -0.25) is 14.4 Å². The molecule has 0 bridgehead atoms. The first-order chi connectivity index (χ1) is 10.1. The van der Waals surface area contributed by atoms with Gasteiger partial charge in [-0.1, -0.05) is 13.8 Å². The highest BCUT2D eigenvalue weighted by molar-refractivity contribution is 5.78. The van der Waals surface area contributed by atoms with Gasteiger partial charge < -0.3 is 10.1 Å². The van der Waals surface area contributed by atoms with E-state index in [-0.39, 0.29) is 11.9 Å². The first-order valence-electron chi connectivity index (χ1n) is 7.49. The van der Waals surface area contributed by atoms with E-state index in [1.165, 1.54) is 6.33 Å². The Hall–Kier alpha value is -1.47. The van der Waals surface area contributed by atoms with Crippen molar-refractivity contribution in [3.8, 4) is 0 Å². The number of nitrogens with one attached hydrogen (secondary N) is 1. The minimum atomic E-state index is -0.0916. The van der Waals surface area contributed by atoms with E-state index in [0.717, 1.165) is 25.3 Å². The monoisotopic (exact) mass is 295 g/mol. The van der Waals surface area contributed by atoms with Crippen LogP contribution < -0.4 is 5.32 Å². The average Bonchev–Trinajstić information content (AvgIpc) is 2.85. The van der Waals surface area contributed by atoms with E-state index in [0.29, 0.717) is 25.7 Å². The lowest BCUT2D eigenvalue weighted by Gasteiger charge is -2.27. The smallest absolute Gasteiger partial charge is 0.234 e. The fourth-order valence-electron chi connectivity index (χ4n) is 2.52. The molecule has 1 atom stereocenters. The number of hydrogen-bond acceptors (Lipinski definition) is 5. The maximum atomic E-state index is 12.3. The third kappa shape index (κ3) is 4.78. The second-order valence-corrected chi connectivity index (χ2v) is 5.88. The number of nitrogens with zero attached hydrogens (tertiary/aromatic N) is 4. The van der Waals surface area contributed by atoms with E-state index < -0.39 is 0 Å². The average molecular weight is 295 g/mol. The van der Waals surface area contributed by atoms with Gasteiger partial charge in [0.2, 0.25) is 5.91 Å². The van der Waals surface area contributed by atoms with Crippen molar-refractivity contribution in [2.75, 3.05) is 32.8 Å². The standard InChI is InChI=1S/C14H25N5O2/c1-11(2)8-12(14-15-10-16-18(14)3)17-13(20)9-19-4-6-21-7-5-19/h10-12H,4-9H2,1-3H3,(H,17,20). The Balaban J connectivity index is 1.94. The summed E-state index contributed by atoms with van der Waals surface area (Å²) >= 11 is 0. The summed E-state index contributed by atoms with van der Waals surface area (Å²) in [5.74, 6) is 1.31. The maximum Gasteiger partial charge on any atom is 0.234 e. The second kappa shape index (κ2) is 7.51. The molecule has 0 aromatic carbocycles. The number of aromatic nitrogens is 3. The SMILES string of the molecule is CC(C)CC(NC(=O)CN1CCOCC1)c1ncnn1C. The van der Waals surface area contributed by atoms with Gasteiger partial charge in [-0.15, -0.1) is 0 Å². The van der Waals surface area contributed by atoms with Crippen LogP contribution in [-0.4, -0.2) is 58.4 Å². The zero-order chi connectivity index (χ0) is 15.2. The van der Waals surface area contributed by atoms with Crippen molar-refractivity contribution in [1.29, 1.82) is 0 Å². The molecule has 2 rings (SSSR count). The van der Waals surface area contributed by atoms with Crippen LogP contribution in [0.5, 0.6) is 0 Å². The second-order valence-electron chi connectivity index (χ2n) is 5.88. The van der Waals surface area contributed by atoms with Crippen LogP contribution in [0.15, 0.2) is 6.33 Å². The van der Waals surface area contributed by atoms with Gasteiger partial charge in [0, 0.05) is 20.1 Å². The molecule has 1 saturated heterocycles. The minimum absolute atomic E-state index is 0.0329. The van der Waals surface area contributed by atoms with Gasteiger partial charge in [0.15, 0.2) is 0 Å². The Morgan fingerprint density at radius 1 is 1.43 bits per heavy atom. The summed E-state index contributed by atoms with van der Waals surface area (Å²) in [4.78, 5) is 18.6. The Bertz CT molecular complexity index is 454. The summed E-state index contributed by atoms with van der Waals surface area (Å²) in [6.07, 6.45) is 2.37. The molecular weight excluding hydrogens is 270 g/mol. The van der Waals surface area contributed by atoms with E-state index in [2.05, 4.69) is 34.1 Å². The number of amides is 1. The van der Waals surface area contributed by atoms with Gasteiger partial charge in [0.1, 0.15) is 12.2 Å². The van der Waals surface area contributed by atoms with Crippen molar-refractivity contribution < 1.29 is 9.53 Å². The number of morpholine rings is 1. The lowest BCUT2D eigenvalue weighted by atomic mass is 10.0. The highest BCUT2D eigenvalue weighted by Gasteiger charge is 2.22. The molecule has 1 aliphatic heterocycles. The van der Waals surface area contributed by atoms with Crippen molar-refractivity contribution in [3.63, 3.8) is 0 Å². The quantitative estimate of drug-likeness (QED) is 0.820. The lowest BCUT2D eigenvalue weighted by Crippen LogP contribution is -2.44. The third-order valence-electron chi connectivity index (χ3n) is 3.57. The van der Waals surface area contributed by atoms with Crippen LogP contribution in [0, 0.1) is 5.92 Å². The van der Waals surface area contributed by atoms with Gasteiger partial charge in [0.25, 0.3) is 0 Å². The van der Waals surface area contributed by atoms with Crippen LogP contribution in [0.25, 0.3) is 0 Å². The molecule has 1 amide bonds. The van der Waals surface area contributed by atoms with E-state index in [1.54, 1.807) is 4.68 Å². The predicted molar refractivity (Wildman–Crippen MR) is 78.6 cm³/mol. The molecule has 1 aliphatic rings. The molecule has 1 N–H and O–H groups in total. The molecule has 0 spiro atoms. The molecule has 1 fully saturated rings. The summed E-state index contributed by atoms with van der Waals surface area (Å²) in [6, 6.07) is -0.0916. The van der Waals surface area contributed by atoms with Crippen molar-refractivity contribution >= 4 is 5.91 Å². The number of ether oxygens (including phenoxy) is 1. The molecular formula is C14H25N5O2. The van der Waals surface area contributed by atoms with E-state index in [4.69, 9.17) is 4.74 Å². The maximum absolute atomic E-state index is 12.3. The predicted octanol–water partition coefficient (Wildman–Crippen LogP) is 0.351. The Kier molecular flexibility index (Phi) is 5.69. The number of aryl methyl sites for hydroxylation is 1. The number of rotatable bonds is 6. The molecule has 7 nitrogen and oxygen atoms in total. The Morgan fingerprint density at radius 3 is 2.71 bits per heavy atom. The molecule has 118 valence electrons. The topological polar surface area (TPSA) is 72.3 Å². The first kappa shape index (κ1) is 15.9. The van der Waals surface area contributed by atoms with E-state index in [1.807, 2.05) is 7.05 Å². The highest BCUT2D eigenvalue weighted by atomic mass is 16.5. The molecule has 1 unspecified atom stereocenters. The zero-order valence-corrected chi connectivity index (χ0v) is 13.1. The van der Waals surface area contributed by atoms with Gasteiger partial charge >= 0.3 is 0 Å². The molecule has 7 heteroatoms. The molecule has 21 heavy (non-hydrogen) atoms. The zero-order valence-electron chi connectivity index (χ0n) is 13.1. The van der Waals surface area contributed by atoms with Gasteiger partial charge in [0.05, 0.1) is 25.8 Å². The minimum Gasteiger partial charge on any atom is -0.379 e. The number of carbonyl (C=O) groups is 1. The molecule has 0 aliphatic carbocycles. The van der Waals surface area contributed by atoms with Gasteiger partial charge in [-0.05, 0) is 12.3 Å². The van der Waals surface area contributed by atoms with Crippen molar-refractivity contribution in [1.82, 2.24) is 25.0 Å². The highest BCUT2D eigenvalue weighted by Crippen LogP contribution is 2.18. The summed E-state index contributed by atoms with van der Waals surface area (Å²) < 4.78 is 7.02. The summed E-state index contributed by atoms with van der Waals surface area (Å²) in [5.41, 5.74) is 0. The van der Waals surface area contributed by atoms with Crippen molar-refractivity contribution in [2.45, 2.75) is 26.3 Å². The van der Waals surface area contributed by atoms with Crippen LogP contribution in [-0.2, 0) is 16.6 Å². The Morgan fingerprint density at radius 2 is 2.14 bits per heavy atom. The van der Waals surface area contributed by atoms with Crippen molar-refractivity contribution in [3.05, 3.63) is 12.2 Å². The fraction of sp³-hybridized carbons (Fsp3) is 0.786. The number of carbonyl (C=O) groups excluding carboxylic acids is 1. The normalized spacial score (nSPS) is 17.9. The summed E-state index contributed by atoms with van der Waals surface area (Å²) in [7, 11) is 1.85. The van der Waals surface area contributed by atoms with Crippen LogP contribution in [0.3, 0.4) is 0 Å². The lowest BCUT2D eigenvalue weighted by molar-refractivity contribution is -0.124. The largest absolute Gasteiger partial charge is 0.379 e. The third-order valence-corrected chi connectivity index (χ3v) is 3.57. The van der Waals surface area contributed by atoms with Crippen molar-refractivity contribution in [2.24, 2.45) is 13.0 Å². The molecule has 0 radical (unpaired) electrons. The molecule has 1 aromatic rings. The van der Waals surface area contributed by atoms with Crippen LogP contribution in [0.4, 0.5) is 0 Å². The summed E-state index contributed by atoms with van der Waals surface area (Å²) in [5, 5.41) is 7.19. The molecule has 2 heterocycles. The first-order valence-corrected chi connectivity index (χ1v) is 7.49.